The number of rotatable bonds is 2. The van der Waals surface area contributed by atoms with Gasteiger partial charge in [0.15, 0.2) is 0 Å². The van der Waals surface area contributed by atoms with Crippen molar-refractivity contribution in [1.82, 2.24) is 10.6 Å². The Hall–Kier alpha value is -0.570. The Morgan fingerprint density at radius 2 is 1.92 bits per heavy atom. The third kappa shape index (κ3) is 1.17. The van der Waals surface area contributed by atoms with Gasteiger partial charge in [0.25, 0.3) is 0 Å². The molecule has 2 unspecified atom stereocenters. The Morgan fingerprint density at radius 1 is 1.23 bits per heavy atom. The molecule has 1 amide bonds. The van der Waals surface area contributed by atoms with Crippen LogP contribution < -0.4 is 10.6 Å². The van der Waals surface area contributed by atoms with Crippen LogP contribution >= 0.6 is 0 Å². The molecular weight excluding hydrogens is 164 g/mol. The molecule has 3 rings (SSSR count). The summed E-state index contributed by atoms with van der Waals surface area (Å²) in [6, 6.07) is 0.523. The van der Waals surface area contributed by atoms with E-state index in [-0.39, 0.29) is 0 Å². The van der Waals surface area contributed by atoms with Crippen molar-refractivity contribution in [2.75, 3.05) is 13.1 Å². The lowest BCUT2D eigenvalue weighted by Gasteiger charge is -2.24. The van der Waals surface area contributed by atoms with Crippen LogP contribution in [0.5, 0.6) is 0 Å². The summed E-state index contributed by atoms with van der Waals surface area (Å²) in [7, 11) is 0. The van der Waals surface area contributed by atoms with Crippen molar-refractivity contribution in [3.8, 4) is 0 Å². The lowest BCUT2D eigenvalue weighted by Crippen LogP contribution is -2.39. The minimum Gasteiger partial charge on any atom is -0.352 e. The molecule has 1 saturated heterocycles. The van der Waals surface area contributed by atoms with Crippen LogP contribution in [-0.4, -0.2) is 25.0 Å². The van der Waals surface area contributed by atoms with Crippen molar-refractivity contribution in [3.05, 3.63) is 0 Å². The molecule has 3 fully saturated rings. The van der Waals surface area contributed by atoms with Crippen molar-refractivity contribution < 1.29 is 4.79 Å². The molecular formula is C10H16N2O. The number of nitrogens with one attached hydrogen (secondary N) is 2. The number of amides is 1. The molecule has 0 radical (unpaired) electrons. The van der Waals surface area contributed by atoms with Crippen LogP contribution in [0.1, 0.15) is 19.3 Å². The number of carbonyl (C=O) groups is 1. The van der Waals surface area contributed by atoms with E-state index in [9.17, 15) is 4.79 Å². The van der Waals surface area contributed by atoms with E-state index in [0.29, 0.717) is 17.9 Å². The van der Waals surface area contributed by atoms with E-state index in [4.69, 9.17) is 0 Å². The van der Waals surface area contributed by atoms with Crippen LogP contribution in [0, 0.1) is 17.8 Å². The quantitative estimate of drug-likeness (QED) is 0.634. The van der Waals surface area contributed by atoms with Crippen LogP contribution in [0.25, 0.3) is 0 Å². The lowest BCUT2D eigenvalue weighted by molar-refractivity contribution is -0.127. The fourth-order valence-corrected chi connectivity index (χ4v) is 2.58. The van der Waals surface area contributed by atoms with Gasteiger partial charge >= 0.3 is 0 Å². The first-order chi connectivity index (χ1) is 6.36. The molecule has 72 valence electrons. The summed E-state index contributed by atoms with van der Waals surface area (Å²) in [6.07, 6.45) is 3.48. The third-order valence-corrected chi connectivity index (χ3v) is 3.88. The normalized spacial score (nSPS) is 42.3. The van der Waals surface area contributed by atoms with Gasteiger partial charge < -0.3 is 10.6 Å². The maximum Gasteiger partial charge on any atom is 0.223 e. The summed E-state index contributed by atoms with van der Waals surface area (Å²) in [5.74, 6) is 2.19. The molecule has 2 aliphatic carbocycles. The predicted octanol–water partition coefficient (Wildman–Crippen LogP) is 0.120. The molecule has 13 heavy (non-hydrogen) atoms. The number of hydrogen-bond acceptors (Lipinski definition) is 2. The number of piperidine rings is 1. The summed E-state index contributed by atoms with van der Waals surface area (Å²) >= 11 is 0. The molecule has 0 aromatic rings. The molecule has 3 nitrogen and oxygen atoms in total. The molecule has 2 saturated carbocycles. The zero-order chi connectivity index (χ0) is 8.84. The van der Waals surface area contributed by atoms with Gasteiger partial charge in [-0.25, -0.2) is 0 Å². The lowest BCUT2D eigenvalue weighted by atomic mass is 9.85. The average Bonchev–Trinajstić information content (AvgIpc) is 2.50. The van der Waals surface area contributed by atoms with E-state index in [1.165, 1.54) is 6.42 Å². The number of carbonyl (C=O) groups excluding carboxylic acids is 1. The van der Waals surface area contributed by atoms with Crippen LogP contribution in [0.15, 0.2) is 0 Å². The zero-order valence-electron chi connectivity index (χ0n) is 7.75. The Morgan fingerprint density at radius 3 is 2.46 bits per heavy atom. The molecule has 0 aromatic carbocycles. The van der Waals surface area contributed by atoms with Gasteiger partial charge in [-0.05, 0) is 24.7 Å². The van der Waals surface area contributed by atoms with Crippen molar-refractivity contribution >= 4 is 5.91 Å². The second-order valence-corrected chi connectivity index (χ2v) is 4.65. The molecule has 0 bridgehead atoms. The van der Waals surface area contributed by atoms with E-state index < -0.39 is 0 Å². The third-order valence-electron chi connectivity index (χ3n) is 3.88. The SMILES string of the molecule is O=C(NC1C2CNCC21)C1CCC1. The first-order valence-electron chi connectivity index (χ1n) is 5.37. The Labute approximate surface area is 78.3 Å². The van der Waals surface area contributed by atoms with Gasteiger partial charge in [0, 0.05) is 25.0 Å². The summed E-state index contributed by atoms with van der Waals surface area (Å²) in [6.45, 7) is 2.22. The Balaban J connectivity index is 1.50. The van der Waals surface area contributed by atoms with Crippen LogP contribution in [0.4, 0.5) is 0 Å². The highest BCUT2D eigenvalue weighted by Gasteiger charge is 2.53. The van der Waals surface area contributed by atoms with Gasteiger partial charge in [0.2, 0.25) is 5.91 Å². The van der Waals surface area contributed by atoms with Crippen molar-refractivity contribution in [2.24, 2.45) is 17.8 Å². The minimum absolute atomic E-state index is 0.325. The molecule has 1 heterocycles. The van der Waals surface area contributed by atoms with E-state index in [0.717, 1.165) is 37.8 Å². The standard InChI is InChI=1S/C10H16N2O/c13-10(6-2-1-3-6)12-9-7-4-11-5-8(7)9/h6-9,11H,1-5H2,(H,12,13). The van der Waals surface area contributed by atoms with Gasteiger partial charge in [0.05, 0.1) is 0 Å². The average molecular weight is 180 g/mol. The molecule has 1 aliphatic heterocycles. The smallest absolute Gasteiger partial charge is 0.223 e. The highest BCUT2D eigenvalue weighted by Crippen LogP contribution is 2.42. The monoisotopic (exact) mass is 180 g/mol. The van der Waals surface area contributed by atoms with E-state index in [2.05, 4.69) is 10.6 Å². The number of fused-ring (bicyclic) bond motifs is 1. The summed E-state index contributed by atoms with van der Waals surface area (Å²) < 4.78 is 0. The van der Waals surface area contributed by atoms with Gasteiger partial charge in [0.1, 0.15) is 0 Å². The molecule has 0 aromatic heterocycles. The summed E-state index contributed by atoms with van der Waals surface area (Å²) in [5.41, 5.74) is 0. The van der Waals surface area contributed by atoms with Crippen molar-refractivity contribution in [2.45, 2.75) is 25.3 Å². The molecule has 2 N–H and O–H groups in total. The van der Waals surface area contributed by atoms with Crippen molar-refractivity contribution in [3.63, 3.8) is 0 Å². The highest BCUT2D eigenvalue weighted by molar-refractivity contribution is 5.80. The van der Waals surface area contributed by atoms with E-state index in [1.54, 1.807) is 0 Å². The topological polar surface area (TPSA) is 41.1 Å². The first-order valence-corrected chi connectivity index (χ1v) is 5.37. The largest absolute Gasteiger partial charge is 0.352 e. The molecule has 3 heteroatoms. The second-order valence-electron chi connectivity index (χ2n) is 4.65. The van der Waals surface area contributed by atoms with Gasteiger partial charge in [-0.15, -0.1) is 0 Å². The number of hydrogen-bond donors (Lipinski definition) is 2. The van der Waals surface area contributed by atoms with E-state index >= 15 is 0 Å². The Bertz CT molecular complexity index is 227. The van der Waals surface area contributed by atoms with Crippen LogP contribution in [-0.2, 0) is 4.79 Å². The summed E-state index contributed by atoms with van der Waals surface area (Å²) in [5, 5.41) is 6.51. The fourth-order valence-electron chi connectivity index (χ4n) is 2.58. The summed E-state index contributed by atoms with van der Waals surface area (Å²) in [4.78, 5) is 11.6. The molecule has 3 aliphatic rings. The maximum atomic E-state index is 11.6. The van der Waals surface area contributed by atoms with Gasteiger partial charge in [-0.1, -0.05) is 6.42 Å². The first kappa shape index (κ1) is 7.80. The van der Waals surface area contributed by atoms with Gasteiger partial charge in [-0.3, -0.25) is 4.79 Å². The molecule has 2 atom stereocenters. The zero-order valence-corrected chi connectivity index (χ0v) is 7.75. The second kappa shape index (κ2) is 2.71. The fraction of sp³-hybridized carbons (Fsp3) is 0.900. The van der Waals surface area contributed by atoms with Crippen LogP contribution in [0.2, 0.25) is 0 Å². The predicted molar refractivity (Wildman–Crippen MR) is 49.1 cm³/mol. The maximum absolute atomic E-state index is 11.6. The minimum atomic E-state index is 0.325. The van der Waals surface area contributed by atoms with Gasteiger partial charge in [-0.2, -0.15) is 0 Å². The van der Waals surface area contributed by atoms with E-state index in [1.807, 2.05) is 0 Å². The molecule has 0 spiro atoms. The van der Waals surface area contributed by atoms with Crippen molar-refractivity contribution in [1.29, 1.82) is 0 Å². The highest BCUT2D eigenvalue weighted by atomic mass is 16.2. The Kier molecular flexibility index (Phi) is 1.62. The van der Waals surface area contributed by atoms with Crippen LogP contribution in [0.3, 0.4) is 0 Å².